The number of phenols is 1. The highest BCUT2D eigenvalue weighted by Gasteiger charge is 2.30. The summed E-state index contributed by atoms with van der Waals surface area (Å²) in [5.41, 5.74) is -0.579. The Morgan fingerprint density at radius 2 is 2.00 bits per heavy atom. The predicted octanol–water partition coefficient (Wildman–Crippen LogP) is 2.82. The van der Waals surface area contributed by atoms with Crippen molar-refractivity contribution in [2.24, 2.45) is 0 Å². The molecule has 1 unspecified atom stereocenters. The molecule has 1 aliphatic carbocycles. The van der Waals surface area contributed by atoms with Crippen LogP contribution in [0, 0.1) is 0 Å². The highest BCUT2D eigenvalue weighted by atomic mass is 79.9. The van der Waals surface area contributed by atoms with E-state index in [9.17, 15) is 10.2 Å². The summed E-state index contributed by atoms with van der Waals surface area (Å²) in [5.74, 6) is 0.117. The van der Waals surface area contributed by atoms with Crippen LogP contribution in [0.5, 0.6) is 5.75 Å². The molecule has 78 valence electrons. The van der Waals surface area contributed by atoms with Gasteiger partial charge in [0, 0.05) is 12.0 Å². The molecule has 0 fully saturated rings. The third-order valence-electron chi connectivity index (χ3n) is 2.46. The molecule has 3 heteroatoms. The van der Waals surface area contributed by atoms with Crippen LogP contribution in [0.15, 0.2) is 47.0 Å². The standard InChI is InChI=1S/C12H11BrO2/c13-9-4-3-7-12(15,8-9)10-5-1-2-6-11(10)14/h1-7,14-15H,8H2. The first-order valence-corrected chi connectivity index (χ1v) is 5.46. The summed E-state index contributed by atoms with van der Waals surface area (Å²) < 4.78 is 0.913. The third-order valence-corrected chi connectivity index (χ3v) is 3.00. The van der Waals surface area contributed by atoms with Gasteiger partial charge in [0.05, 0.1) is 0 Å². The van der Waals surface area contributed by atoms with E-state index in [0.29, 0.717) is 12.0 Å². The quantitative estimate of drug-likeness (QED) is 0.821. The lowest BCUT2D eigenvalue weighted by Gasteiger charge is -2.27. The summed E-state index contributed by atoms with van der Waals surface area (Å²) >= 11 is 3.35. The van der Waals surface area contributed by atoms with Crippen molar-refractivity contribution in [2.45, 2.75) is 12.0 Å². The second-order valence-electron chi connectivity index (χ2n) is 3.59. The van der Waals surface area contributed by atoms with Crippen LogP contribution < -0.4 is 0 Å². The molecule has 15 heavy (non-hydrogen) atoms. The number of phenolic OH excluding ortho intramolecular Hbond substituents is 1. The van der Waals surface area contributed by atoms with Crippen LogP contribution in [-0.4, -0.2) is 10.2 Å². The molecule has 1 aromatic rings. The Balaban J connectivity index is 2.44. The maximum atomic E-state index is 10.4. The van der Waals surface area contributed by atoms with Crippen molar-refractivity contribution in [1.29, 1.82) is 0 Å². The Hall–Kier alpha value is -1.06. The topological polar surface area (TPSA) is 40.5 Å². The molecule has 0 spiro atoms. The van der Waals surface area contributed by atoms with Crippen LogP contribution in [0.1, 0.15) is 12.0 Å². The molecule has 0 aromatic heterocycles. The van der Waals surface area contributed by atoms with Crippen LogP contribution in [-0.2, 0) is 5.60 Å². The highest BCUT2D eigenvalue weighted by molar-refractivity contribution is 9.11. The number of para-hydroxylation sites is 1. The number of hydrogen-bond donors (Lipinski definition) is 2. The third kappa shape index (κ3) is 1.98. The van der Waals surface area contributed by atoms with E-state index in [1.807, 2.05) is 6.08 Å². The second-order valence-corrected chi connectivity index (χ2v) is 4.61. The lowest BCUT2D eigenvalue weighted by Crippen LogP contribution is -2.24. The van der Waals surface area contributed by atoms with Gasteiger partial charge in [-0.2, -0.15) is 0 Å². The first-order valence-electron chi connectivity index (χ1n) is 4.66. The van der Waals surface area contributed by atoms with Crippen LogP contribution in [0.25, 0.3) is 0 Å². The summed E-state index contributed by atoms with van der Waals surface area (Å²) in [5, 5.41) is 20.1. The normalized spacial score (nSPS) is 25.1. The zero-order valence-corrected chi connectivity index (χ0v) is 9.61. The Morgan fingerprint density at radius 3 is 2.67 bits per heavy atom. The van der Waals surface area contributed by atoms with E-state index < -0.39 is 5.60 Å². The van der Waals surface area contributed by atoms with Crippen molar-refractivity contribution in [2.75, 3.05) is 0 Å². The molecule has 2 nitrogen and oxygen atoms in total. The Kier molecular flexibility index (Phi) is 2.67. The summed E-state index contributed by atoms with van der Waals surface area (Å²) in [6.45, 7) is 0. The van der Waals surface area contributed by atoms with Gasteiger partial charge in [-0.05, 0) is 16.6 Å². The van der Waals surface area contributed by atoms with Gasteiger partial charge in [0.2, 0.25) is 0 Å². The van der Waals surface area contributed by atoms with Gasteiger partial charge in [0.15, 0.2) is 0 Å². The minimum Gasteiger partial charge on any atom is -0.508 e. The maximum absolute atomic E-state index is 10.4. The number of allylic oxidation sites excluding steroid dienone is 2. The van der Waals surface area contributed by atoms with Crippen LogP contribution >= 0.6 is 15.9 Å². The molecule has 0 heterocycles. The Morgan fingerprint density at radius 1 is 1.27 bits per heavy atom. The van der Waals surface area contributed by atoms with E-state index in [0.717, 1.165) is 4.48 Å². The molecular formula is C12H11BrO2. The van der Waals surface area contributed by atoms with Gasteiger partial charge in [0.25, 0.3) is 0 Å². The lowest BCUT2D eigenvalue weighted by molar-refractivity contribution is 0.0880. The molecular weight excluding hydrogens is 256 g/mol. The number of benzene rings is 1. The fourth-order valence-electron chi connectivity index (χ4n) is 1.71. The fourth-order valence-corrected chi connectivity index (χ4v) is 2.29. The Labute approximate surface area is 96.7 Å². The van der Waals surface area contributed by atoms with Crippen molar-refractivity contribution in [3.8, 4) is 5.75 Å². The fraction of sp³-hybridized carbons (Fsp3) is 0.167. The van der Waals surface area contributed by atoms with E-state index in [-0.39, 0.29) is 5.75 Å². The first kappa shape index (κ1) is 10.5. The van der Waals surface area contributed by atoms with Crippen molar-refractivity contribution in [3.63, 3.8) is 0 Å². The monoisotopic (exact) mass is 266 g/mol. The summed E-state index contributed by atoms with van der Waals surface area (Å²) in [7, 11) is 0. The number of aromatic hydroxyl groups is 1. The smallest absolute Gasteiger partial charge is 0.122 e. The van der Waals surface area contributed by atoms with Gasteiger partial charge >= 0.3 is 0 Å². The molecule has 0 amide bonds. The molecule has 1 aliphatic rings. The van der Waals surface area contributed by atoms with Crippen LogP contribution in [0.3, 0.4) is 0 Å². The van der Waals surface area contributed by atoms with Crippen molar-refractivity contribution < 1.29 is 10.2 Å². The number of hydrogen-bond acceptors (Lipinski definition) is 2. The van der Waals surface area contributed by atoms with Gasteiger partial charge < -0.3 is 10.2 Å². The van der Waals surface area contributed by atoms with Crippen LogP contribution in [0.2, 0.25) is 0 Å². The molecule has 1 aromatic carbocycles. The number of aliphatic hydroxyl groups is 1. The minimum atomic E-state index is -1.11. The second kappa shape index (κ2) is 3.83. The van der Waals surface area contributed by atoms with Crippen LogP contribution in [0.4, 0.5) is 0 Å². The largest absolute Gasteiger partial charge is 0.508 e. The SMILES string of the molecule is Oc1ccccc1C1(O)C=CC=C(Br)C1. The Bertz CT molecular complexity index is 437. The lowest BCUT2D eigenvalue weighted by atomic mass is 9.87. The number of halogens is 1. The zero-order valence-electron chi connectivity index (χ0n) is 8.02. The van der Waals surface area contributed by atoms with Gasteiger partial charge in [-0.3, -0.25) is 0 Å². The van der Waals surface area contributed by atoms with E-state index in [2.05, 4.69) is 15.9 Å². The van der Waals surface area contributed by atoms with E-state index >= 15 is 0 Å². The highest BCUT2D eigenvalue weighted by Crippen LogP contribution is 2.38. The summed E-state index contributed by atoms with van der Waals surface area (Å²) in [4.78, 5) is 0. The molecule has 0 bridgehead atoms. The predicted molar refractivity (Wildman–Crippen MR) is 62.8 cm³/mol. The van der Waals surface area contributed by atoms with Gasteiger partial charge in [-0.1, -0.05) is 46.3 Å². The van der Waals surface area contributed by atoms with Gasteiger partial charge in [-0.25, -0.2) is 0 Å². The molecule has 2 N–H and O–H groups in total. The average molecular weight is 267 g/mol. The molecule has 0 saturated heterocycles. The van der Waals surface area contributed by atoms with E-state index in [4.69, 9.17) is 0 Å². The van der Waals surface area contributed by atoms with E-state index in [1.165, 1.54) is 0 Å². The molecule has 0 radical (unpaired) electrons. The average Bonchev–Trinajstić information content (AvgIpc) is 2.17. The zero-order chi connectivity index (χ0) is 10.9. The maximum Gasteiger partial charge on any atom is 0.122 e. The molecule has 1 atom stereocenters. The van der Waals surface area contributed by atoms with Gasteiger partial charge in [0.1, 0.15) is 11.4 Å². The minimum absolute atomic E-state index is 0.117. The van der Waals surface area contributed by atoms with Crippen molar-refractivity contribution in [1.82, 2.24) is 0 Å². The summed E-state index contributed by atoms with van der Waals surface area (Å²) in [6.07, 6.45) is 5.79. The van der Waals surface area contributed by atoms with E-state index in [1.54, 1.807) is 36.4 Å². The molecule has 0 saturated carbocycles. The molecule has 0 aliphatic heterocycles. The van der Waals surface area contributed by atoms with Crippen molar-refractivity contribution >= 4 is 15.9 Å². The first-order chi connectivity index (χ1) is 7.12. The van der Waals surface area contributed by atoms with Crippen molar-refractivity contribution in [3.05, 3.63) is 52.5 Å². The number of rotatable bonds is 1. The summed E-state index contributed by atoms with van der Waals surface area (Å²) in [6, 6.07) is 6.84. The van der Waals surface area contributed by atoms with Gasteiger partial charge in [-0.15, -0.1) is 0 Å². The molecule has 2 rings (SSSR count).